The molecule has 1 aromatic rings. The van der Waals surface area contributed by atoms with E-state index in [0.29, 0.717) is 0 Å². The second-order valence-corrected chi connectivity index (χ2v) is 5.50. The average molecular weight is 300 g/mol. The molecule has 0 aromatic heterocycles. The summed E-state index contributed by atoms with van der Waals surface area (Å²) in [6.45, 7) is 1.10. The van der Waals surface area contributed by atoms with Gasteiger partial charge in [0, 0.05) is 5.56 Å². The fourth-order valence-corrected chi connectivity index (χ4v) is 1.40. The second-order valence-electron chi connectivity index (χ2n) is 5.50. The Morgan fingerprint density at radius 1 is 0.952 bits per heavy atom. The first kappa shape index (κ1) is 19.0. The predicted molar refractivity (Wildman–Crippen MR) is 75.5 cm³/mol. The van der Waals surface area contributed by atoms with Gasteiger partial charge >= 0.3 is 11.9 Å². The average Bonchev–Trinajstić information content (AvgIpc) is 2.36. The van der Waals surface area contributed by atoms with Crippen LogP contribution in [0.3, 0.4) is 0 Å². The van der Waals surface area contributed by atoms with Gasteiger partial charge < -0.3 is 24.9 Å². The number of aliphatic hydroxyl groups excluding tert-OH is 2. The number of rotatable bonds is 5. The van der Waals surface area contributed by atoms with Crippen LogP contribution >= 0.6 is 0 Å². The van der Waals surface area contributed by atoms with E-state index >= 15 is 0 Å². The lowest BCUT2D eigenvalue weighted by molar-refractivity contribution is -0.884. The maximum atomic E-state index is 9.77. The van der Waals surface area contributed by atoms with Crippen molar-refractivity contribution in [3.05, 3.63) is 35.9 Å². The Labute approximate surface area is 123 Å². The van der Waals surface area contributed by atoms with Crippen molar-refractivity contribution in [2.75, 3.05) is 21.1 Å². The molecule has 7 heteroatoms. The molecule has 0 spiro atoms. The molecular weight excluding hydrogens is 278 g/mol. The molecule has 1 rings (SSSR count). The van der Waals surface area contributed by atoms with Gasteiger partial charge in [0.1, 0.15) is 6.54 Å². The smallest absolute Gasteiger partial charge is 0.335 e. The predicted octanol–water partition coefficient (Wildman–Crippen LogP) is -0.230. The summed E-state index contributed by atoms with van der Waals surface area (Å²) in [6.07, 6.45) is -4.53. The summed E-state index contributed by atoms with van der Waals surface area (Å²) < 4.78 is 0.990. The maximum absolute atomic E-state index is 9.77. The minimum absolute atomic E-state index is 0.990. The zero-order valence-electron chi connectivity index (χ0n) is 12.3. The Balaban J connectivity index is 0.000000384. The van der Waals surface area contributed by atoms with E-state index in [9.17, 15) is 9.59 Å². The van der Waals surface area contributed by atoms with Crippen LogP contribution in [0.2, 0.25) is 0 Å². The van der Waals surface area contributed by atoms with Crippen molar-refractivity contribution >= 4 is 11.9 Å². The third kappa shape index (κ3) is 8.74. The molecule has 0 saturated heterocycles. The number of quaternary nitrogens is 1. The Bertz CT molecular complexity index is 436. The van der Waals surface area contributed by atoms with E-state index < -0.39 is 24.1 Å². The van der Waals surface area contributed by atoms with E-state index in [1.807, 2.05) is 0 Å². The molecular formula is C14H22NO6+. The van der Waals surface area contributed by atoms with Crippen LogP contribution in [-0.4, -0.2) is 70.2 Å². The number of aliphatic hydroxyl groups is 2. The van der Waals surface area contributed by atoms with Gasteiger partial charge in [0.25, 0.3) is 0 Å². The summed E-state index contributed by atoms with van der Waals surface area (Å²) in [5.74, 6) is -3.54. The zero-order valence-corrected chi connectivity index (χ0v) is 12.3. The van der Waals surface area contributed by atoms with E-state index in [0.717, 1.165) is 11.0 Å². The number of aliphatic carboxylic acids is 2. The Hall–Kier alpha value is -1.96. The molecule has 0 aliphatic carbocycles. The van der Waals surface area contributed by atoms with Gasteiger partial charge in [-0.05, 0) is 0 Å². The van der Waals surface area contributed by atoms with Crippen LogP contribution in [0.25, 0.3) is 0 Å². The van der Waals surface area contributed by atoms with Gasteiger partial charge in [-0.2, -0.15) is 0 Å². The molecule has 0 aliphatic heterocycles. The monoisotopic (exact) mass is 300 g/mol. The first-order valence-electron chi connectivity index (χ1n) is 6.20. The van der Waals surface area contributed by atoms with E-state index in [1.54, 1.807) is 0 Å². The van der Waals surface area contributed by atoms with Crippen LogP contribution in [0, 0.1) is 0 Å². The molecule has 1 aromatic carbocycles. The molecule has 2 unspecified atom stereocenters. The maximum Gasteiger partial charge on any atom is 0.335 e. The van der Waals surface area contributed by atoms with E-state index in [4.69, 9.17) is 20.4 Å². The third-order valence-electron chi connectivity index (χ3n) is 2.30. The van der Waals surface area contributed by atoms with Crippen molar-refractivity contribution in [2.24, 2.45) is 0 Å². The highest BCUT2D eigenvalue weighted by Gasteiger charge is 2.29. The van der Waals surface area contributed by atoms with Crippen molar-refractivity contribution in [3.8, 4) is 0 Å². The lowest BCUT2D eigenvalue weighted by Crippen LogP contribution is -2.39. The summed E-state index contributed by atoms with van der Waals surface area (Å²) in [5, 5.41) is 32.5. The second kappa shape index (κ2) is 8.35. The van der Waals surface area contributed by atoms with Gasteiger partial charge in [-0.15, -0.1) is 0 Å². The summed E-state index contributed by atoms with van der Waals surface area (Å²) >= 11 is 0. The number of carboxylic acids is 2. The van der Waals surface area contributed by atoms with Crippen molar-refractivity contribution < 1.29 is 34.5 Å². The van der Waals surface area contributed by atoms with Crippen LogP contribution in [0.4, 0.5) is 0 Å². The topological polar surface area (TPSA) is 115 Å². The number of carbonyl (C=O) groups is 2. The highest BCUT2D eigenvalue weighted by atomic mass is 16.4. The number of hydrogen-bond acceptors (Lipinski definition) is 4. The molecule has 0 amide bonds. The molecule has 118 valence electrons. The molecule has 0 bridgehead atoms. The number of hydrogen-bond donors (Lipinski definition) is 4. The van der Waals surface area contributed by atoms with Crippen LogP contribution < -0.4 is 0 Å². The molecule has 7 nitrogen and oxygen atoms in total. The lowest BCUT2D eigenvalue weighted by Gasteiger charge is -2.23. The van der Waals surface area contributed by atoms with Gasteiger partial charge in [-0.3, -0.25) is 0 Å². The Morgan fingerprint density at radius 2 is 1.33 bits per heavy atom. The van der Waals surface area contributed by atoms with Gasteiger partial charge in [-0.25, -0.2) is 9.59 Å². The minimum atomic E-state index is -2.27. The van der Waals surface area contributed by atoms with Crippen LogP contribution in [0.15, 0.2) is 30.3 Å². The van der Waals surface area contributed by atoms with Crippen LogP contribution in [0.5, 0.6) is 0 Å². The first-order chi connectivity index (χ1) is 9.54. The SMILES string of the molecule is C[N+](C)(C)Cc1ccccc1.O=C(O)C(O)C(O)C(=O)O. The zero-order chi connectivity index (χ0) is 16.6. The quantitative estimate of drug-likeness (QED) is 0.558. The molecule has 0 aliphatic rings. The highest BCUT2D eigenvalue weighted by molar-refractivity contribution is 5.83. The molecule has 0 radical (unpaired) electrons. The Morgan fingerprint density at radius 3 is 1.62 bits per heavy atom. The Kier molecular flexibility index (Phi) is 7.57. The molecule has 0 heterocycles. The first-order valence-corrected chi connectivity index (χ1v) is 6.20. The van der Waals surface area contributed by atoms with Crippen molar-refractivity contribution in [2.45, 2.75) is 18.8 Å². The normalized spacial score (nSPS) is 13.6. The number of benzene rings is 1. The summed E-state index contributed by atoms with van der Waals surface area (Å²) in [7, 11) is 6.60. The van der Waals surface area contributed by atoms with E-state index in [2.05, 4.69) is 51.5 Å². The van der Waals surface area contributed by atoms with E-state index in [1.165, 1.54) is 5.56 Å². The fourth-order valence-electron chi connectivity index (χ4n) is 1.40. The minimum Gasteiger partial charge on any atom is -0.479 e. The van der Waals surface area contributed by atoms with E-state index in [-0.39, 0.29) is 0 Å². The number of nitrogens with zero attached hydrogens (tertiary/aromatic N) is 1. The molecule has 0 saturated carbocycles. The summed E-state index contributed by atoms with van der Waals surface area (Å²) in [4.78, 5) is 19.5. The summed E-state index contributed by atoms with van der Waals surface area (Å²) in [6, 6.07) is 10.6. The van der Waals surface area contributed by atoms with Crippen LogP contribution in [-0.2, 0) is 16.1 Å². The van der Waals surface area contributed by atoms with Crippen molar-refractivity contribution in [1.82, 2.24) is 0 Å². The molecule has 4 N–H and O–H groups in total. The molecule has 21 heavy (non-hydrogen) atoms. The van der Waals surface area contributed by atoms with Gasteiger partial charge in [0.15, 0.2) is 12.2 Å². The van der Waals surface area contributed by atoms with Gasteiger partial charge in [0.2, 0.25) is 0 Å². The third-order valence-corrected chi connectivity index (χ3v) is 2.30. The highest BCUT2D eigenvalue weighted by Crippen LogP contribution is 2.05. The number of carboxylic acid groups (broad SMARTS) is 2. The molecule has 2 atom stereocenters. The van der Waals surface area contributed by atoms with Gasteiger partial charge in [0.05, 0.1) is 21.1 Å². The van der Waals surface area contributed by atoms with Crippen molar-refractivity contribution in [3.63, 3.8) is 0 Å². The van der Waals surface area contributed by atoms with Crippen molar-refractivity contribution in [1.29, 1.82) is 0 Å². The largest absolute Gasteiger partial charge is 0.479 e. The summed E-state index contributed by atoms with van der Waals surface area (Å²) in [5.41, 5.74) is 1.40. The van der Waals surface area contributed by atoms with Gasteiger partial charge in [-0.1, -0.05) is 30.3 Å². The molecule has 0 fully saturated rings. The van der Waals surface area contributed by atoms with Crippen LogP contribution in [0.1, 0.15) is 5.56 Å². The lowest BCUT2D eigenvalue weighted by atomic mass is 10.2. The standard InChI is InChI=1S/C10H16N.C4H6O6/c1-11(2,3)9-10-7-5-4-6-8-10;5-1(3(7)8)2(6)4(9)10/h4-8H,9H2,1-3H3;1-2,5-6H,(H,7,8)(H,9,10)/q+1;. The fraction of sp³-hybridized carbons (Fsp3) is 0.429.